The third-order valence-corrected chi connectivity index (χ3v) is 7.73. The van der Waals surface area contributed by atoms with Crippen LogP contribution in [0.2, 0.25) is 0 Å². The number of methoxy groups -OCH3 is 1. The van der Waals surface area contributed by atoms with Crippen molar-refractivity contribution in [2.24, 2.45) is 0 Å². The van der Waals surface area contributed by atoms with Gasteiger partial charge in [0.15, 0.2) is 0 Å². The molecule has 0 bridgehead atoms. The third kappa shape index (κ3) is 7.21. The molecule has 0 spiro atoms. The molecular weight excluding hydrogens is 512 g/mol. The Morgan fingerprint density at radius 3 is 2.37 bits per heavy atom. The molecule has 1 atom stereocenters. The third-order valence-electron chi connectivity index (χ3n) is 6.60. The molecule has 0 aliphatic heterocycles. The number of benzene rings is 2. The molecule has 1 aliphatic carbocycles. The van der Waals surface area contributed by atoms with Gasteiger partial charge < -0.3 is 15.0 Å². The number of nitro benzene ring substituents is 1. The van der Waals surface area contributed by atoms with E-state index >= 15 is 0 Å². The first-order valence-electron chi connectivity index (χ1n) is 12.5. The van der Waals surface area contributed by atoms with Crippen molar-refractivity contribution in [3.05, 3.63) is 64.2 Å². The van der Waals surface area contributed by atoms with Gasteiger partial charge in [0.1, 0.15) is 24.0 Å². The first-order chi connectivity index (χ1) is 18.0. The van der Waals surface area contributed by atoms with E-state index in [0.29, 0.717) is 6.42 Å². The maximum atomic E-state index is 13.8. The summed E-state index contributed by atoms with van der Waals surface area (Å²) in [5.41, 5.74) is 0.276. The minimum absolute atomic E-state index is 0.0480. The molecule has 206 valence electrons. The van der Waals surface area contributed by atoms with E-state index in [1.54, 1.807) is 6.92 Å². The highest BCUT2D eigenvalue weighted by Crippen LogP contribution is 2.34. The number of ether oxygens (including phenoxy) is 1. The Hall–Kier alpha value is -3.67. The number of rotatable bonds is 12. The fourth-order valence-electron chi connectivity index (χ4n) is 4.65. The second-order valence-electron chi connectivity index (χ2n) is 9.30. The Bertz CT molecular complexity index is 1250. The first kappa shape index (κ1) is 28.9. The van der Waals surface area contributed by atoms with Crippen molar-refractivity contribution in [2.45, 2.75) is 57.7 Å². The van der Waals surface area contributed by atoms with Crippen LogP contribution in [0.3, 0.4) is 0 Å². The minimum atomic E-state index is -4.08. The van der Waals surface area contributed by atoms with Crippen LogP contribution in [-0.4, -0.2) is 62.0 Å². The molecule has 1 fully saturated rings. The predicted molar refractivity (Wildman–Crippen MR) is 143 cm³/mol. The number of non-ortho nitro benzene ring substituents is 1. The lowest BCUT2D eigenvalue weighted by Gasteiger charge is -2.33. The van der Waals surface area contributed by atoms with Crippen molar-refractivity contribution < 1.29 is 27.7 Å². The minimum Gasteiger partial charge on any atom is -0.495 e. The molecule has 2 amide bonds. The zero-order chi connectivity index (χ0) is 27.9. The van der Waals surface area contributed by atoms with Crippen LogP contribution >= 0.6 is 0 Å². The molecule has 12 heteroatoms. The second kappa shape index (κ2) is 12.7. The number of amides is 2. The molecule has 1 saturated carbocycles. The van der Waals surface area contributed by atoms with E-state index in [1.807, 2.05) is 30.3 Å². The summed E-state index contributed by atoms with van der Waals surface area (Å²) < 4.78 is 31.7. The van der Waals surface area contributed by atoms with Gasteiger partial charge in [0.25, 0.3) is 5.69 Å². The van der Waals surface area contributed by atoms with Crippen LogP contribution in [0, 0.1) is 10.1 Å². The van der Waals surface area contributed by atoms with E-state index in [0.717, 1.165) is 47.9 Å². The average Bonchev–Trinajstić information content (AvgIpc) is 3.39. The Morgan fingerprint density at radius 2 is 1.82 bits per heavy atom. The summed E-state index contributed by atoms with van der Waals surface area (Å²) in [6.45, 7) is 1.21. The molecule has 0 heterocycles. The number of sulfonamides is 1. The van der Waals surface area contributed by atoms with Crippen LogP contribution in [0.25, 0.3) is 0 Å². The normalized spacial score (nSPS) is 14.5. The van der Waals surface area contributed by atoms with E-state index in [1.165, 1.54) is 24.1 Å². The van der Waals surface area contributed by atoms with Crippen LogP contribution in [0.4, 0.5) is 11.4 Å². The molecule has 0 aromatic heterocycles. The quantitative estimate of drug-likeness (QED) is 0.318. The molecule has 3 rings (SSSR count). The summed E-state index contributed by atoms with van der Waals surface area (Å²) in [6, 6.07) is 11.8. The zero-order valence-corrected chi connectivity index (χ0v) is 22.6. The van der Waals surface area contributed by atoms with Gasteiger partial charge in [0.2, 0.25) is 21.8 Å². The average molecular weight is 547 g/mol. The van der Waals surface area contributed by atoms with E-state index in [4.69, 9.17) is 4.74 Å². The fraction of sp³-hybridized carbons (Fsp3) is 0.462. The number of hydrogen-bond acceptors (Lipinski definition) is 7. The van der Waals surface area contributed by atoms with Crippen molar-refractivity contribution in [3.8, 4) is 5.75 Å². The number of anilines is 1. The standard InChI is InChI=1S/C26H34N4O7S/c1-4-22(26(32)27-20-12-8-9-13-20)28(17-19-10-6-5-7-11-19)25(31)18-29(38(3,35)36)23-16-21(30(33)34)14-15-24(23)37-2/h5-7,10-11,14-16,20,22H,4,8-9,12-13,17-18H2,1-3H3,(H,27,32)/t22-/m1/s1. The van der Waals surface area contributed by atoms with Gasteiger partial charge in [-0.05, 0) is 30.9 Å². The van der Waals surface area contributed by atoms with Gasteiger partial charge in [-0.1, -0.05) is 50.1 Å². The summed E-state index contributed by atoms with van der Waals surface area (Å²) in [5, 5.41) is 14.4. The predicted octanol–water partition coefficient (Wildman–Crippen LogP) is 3.24. The van der Waals surface area contributed by atoms with Crippen molar-refractivity contribution in [2.75, 3.05) is 24.2 Å². The number of nitrogens with one attached hydrogen (secondary N) is 1. The van der Waals surface area contributed by atoms with Gasteiger partial charge in [-0.3, -0.25) is 24.0 Å². The number of carbonyl (C=O) groups is 2. The summed E-state index contributed by atoms with van der Waals surface area (Å²) in [4.78, 5) is 39.2. The molecule has 1 N–H and O–H groups in total. The van der Waals surface area contributed by atoms with Crippen LogP contribution < -0.4 is 14.4 Å². The highest BCUT2D eigenvalue weighted by atomic mass is 32.2. The van der Waals surface area contributed by atoms with E-state index in [9.17, 15) is 28.1 Å². The lowest BCUT2D eigenvalue weighted by atomic mass is 10.1. The van der Waals surface area contributed by atoms with Crippen molar-refractivity contribution >= 4 is 33.2 Å². The summed E-state index contributed by atoms with van der Waals surface area (Å²) in [6.07, 6.45) is 5.04. The summed E-state index contributed by atoms with van der Waals surface area (Å²) in [5.74, 6) is -0.863. The van der Waals surface area contributed by atoms with Gasteiger partial charge in [0, 0.05) is 24.7 Å². The van der Waals surface area contributed by atoms with Gasteiger partial charge >= 0.3 is 0 Å². The van der Waals surface area contributed by atoms with Gasteiger partial charge in [-0.2, -0.15) is 0 Å². The Morgan fingerprint density at radius 1 is 1.16 bits per heavy atom. The van der Waals surface area contributed by atoms with Gasteiger partial charge in [-0.25, -0.2) is 8.42 Å². The lowest BCUT2D eigenvalue weighted by Crippen LogP contribution is -2.53. The Labute approximate surface area is 223 Å². The number of carbonyl (C=O) groups excluding carboxylic acids is 2. The van der Waals surface area contributed by atoms with Crippen molar-refractivity contribution in [1.29, 1.82) is 0 Å². The molecule has 0 unspecified atom stereocenters. The smallest absolute Gasteiger partial charge is 0.271 e. The van der Waals surface area contributed by atoms with Crippen molar-refractivity contribution in [1.82, 2.24) is 10.2 Å². The molecule has 38 heavy (non-hydrogen) atoms. The van der Waals surface area contributed by atoms with Crippen molar-refractivity contribution in [3.63, 3.8) is 0 Å². The lowest BCUT2D eigenvalue weighted by molar-refractivity contribution is -0.384. The summed E-state index contributed by atoms with van der Waals surface area (Å²) in [7, 11) is -2.78. The number of hydrogen-bond donors (Lipinski definition) is 1. The van der Waals surface area contributed by atoms with Gasteiger partial charge in [-0.15, -0.1) is 0 Å². The fourth-order valence-corrected chi connectivity index (χ4v) is 5.49. The Kier molecular flexibility index (Phi) is 9.67. The zero-order valence-electron chi connectivity index (χ0n) is 21.8. The van der Waals surface area contributed by atoms with E-state index in [2.05, 4.69) is 5.32 Å². The SMILES string of the molecule is CC[C@H](C(=O)NC1CCCC1)N(Cc1ccccc1)C(=O)CN(c1cc([N+](=O)[O-])ccc1OC)S(C)(=O)=O. The monoisotopic (exact) mass is 546 g/mol. The molecule has 2 aromatic rings. The number of nitrogens with zero attached hydrogens (tertiary/aromatic N) is 3. The topological polar surface area (TPSA) is 139 Å². The maximum Gasteiger partial charge on any atom is 0.271 e. The first-order valence-corrected chi connectivity index (χ1v) is 14.3. The van der Waals surface area contributed by atoms with Crippen LogP contribution in [0.1, 0.15) is 44.6 Å². The van der Waals surface area contributed by atoms with E-state index < -0.39 is 33.4 Å². The van der Waals surface area contributed by atoms with Crippen LogP contribution in [-0.2, 0) is 26.2 Å². The molecule has 11 nitrogen and oxygen atoms in total. The van der Waals surface area contributed by atoms with Gasteiger partial charge in [0.05, 0.1) is 18.3 Å². The molecule has 0 radical (unpaired) electrons. The van der Waals surface area contributed by atoms with E-state index in [-0.39, 0.29) is 35.6 Å². The Balaban J connectivity index is 1.99. The highest BCUT2D eigenvalue weighted by Gasteiger charge is 2.34. The molecule has 2 aromatic carbocycles. The summed E-state index contributed by atoms with van der Waals surface area (Å²) >= 11 is 0. The largest absolute Gasteiger partial charge is 0.495 e. The van der Waals surface area contributed by atoms with Crippen LogP contribution in [0.5, 0.6) is 5.75 Å². The molecular formula is C26H34N4O7S. The highest BCUT2D eigenvalue weighted by molar-refractivity contribution is 7.92. The second-order valence-corrected chi connectivity index (χ2v) is 11.2. The maximum absolute atomic E-state index is 13.8. The molecule has 1 aliphatic rings. The molecule has 0 saturated heterocycles. The number of nitro groups is 1. The van der Waals surface area contributed by atoms with Crippen LogP contribution in [0.15, 0.2) is 48.5 Å².